The molecule has 0 aliphatic carbocycles. The van der Waals surface area contributed by atoms with Crippen LogP contribution >= 0.6 is 23.2 Å². The fourth-order valence-corrected chi connectivity index (χ4v) is 1.83. The van der Waals surface area contributed by atoms with Crippen molar-refractivity contribution in [2.75, 3.05) is 20.7 Å². The highest BCUT2D eigenvalue weighted by Crippen LogP contribution is 2.19. The van der Waals surface area contributed by atoms with E-state index in [0.717, 1.165) is 0 Å². The molecule has 0 saturated heterocycles. The van der Waals surface area contributed by atoms with Crippen molar-refractivity contribution >= 4 is 40.7 Å². The van der Waals surface area contributed by atoms with Crippen LogP contribution in [0.25, 0.3) is 0 Å². The van der Waals surface area contributed by atoms with Crippen molar-refractivity contribution < 1.29 is 18.9 Å². The lowest BCUT2D eigenvalue weighted by atomic mass is 10.1. The number of esters is 1. The molecule has 1 aromatic heterocycles. The molecular weight excluding hydrogens is 291 g/mol. The number of halogens is 2. The smallest absolute Gasteiger partial charge is 0.407 e. The Labute approximate surface area is 120 Å². The third-order valence-electron chi connectivity index (χ3n) is 2.20. The Morgan fingerprint density at radius 3 is 2.47 bits per heavy atom. The standard InChI is InChI=1S/C12H13Cl2N2O3/c1-4-19-12(18)10(16(2)3)11(17)7-6-15-9(14)5-8(7)13/h5-6H,4H2,1-3H3/q+1. The van der Waals surface area contributed by atoms with Gasteiger partial charge in [0.25, 0.3) is 5.78 Å². The third kappa shape index (κ3) is 3.75. The molecule has 0 radical (unpaired) electrons. The number of rotatable bonds is 4. The van der Waals surface area contributed by atoms with Gasteiger partial charge < -0.3 is 4.74 Å². The summed E-state index contributed by atoms with van der Waals surface area (Å²) < 4.78 is 6.22. The fraction of sp³-hybridized carbons (Fsp3) is 0.333. The molecule has 19 heavy (non-hydrogen) atoms. The van der Waals surface area contributed by atoms with E-state index in [1.165, 1.54) is 16.8 Å². The van der Waals surface area contributed by atoms with Crippen LogP contribution in [-0.4, -0.2) is 47.7 Å². The van der Waals surface area contributed by atoms with Crippen molar-refractivity contribution in [1.29, 1.82) is 0 Å². The van der Waals surface area contributed by atoms with Crippen LogP contribution in [0.1, 0.15) is 17.3 Å². The van der Waals surface area contributed by atoms with E-state index in [0.29, 0.717) is 0 Å². The second-order valence-electron chi connectivity index (χ2n) is 3.78. The highest BCUT2D eigenvalue weighted by Gasteiger charge is 2.32. The highest BCUT2D eigenvalue weighted by atomic mass is 35.5. The summed E-state index contributed by atoms with van der Waals surface area (Å²) in [7, 11) is 3.14. The van der Waals surface area contributed by atoms with Gasteiger partial charge in [-0.25, -0.2) is 14.4 Å². The molecule has 1 rings (SSSR count). The summed E-state index contributed by atoms with van der Waals surface area (Å²) in [4.78, 5) is 27.8. The Hall–Kier alpha value is -1.46. The Balaban J connectivity index is 3.22. The molecule has 0 aliphatic heterocycles. The third-order valence-corrected chi connectivity index (χ3v) is 2.72. The second-order valence-corrected chi connectivity index (χ2v) is 4.57. The molecule has 1 heterocycles. The van der Waals surface area contributed by atoms with Crippen molar-refractivity contribution in [2.45, 2.75) is 6.92 Å². The summed E-state index contributed by atoms with van der Waals surface area (Å²) in [6, 6.07) is 1.34. The lowest BCUT2D eigenvalue weighted by Gasteiger charge is -2.04. The molecule has 0 amide bonds. The number of nitrogens with zero attached hydrogens (tertiary/aromatic N) is 2. The van der Waals surface area contributed by atoms with Crippen LogP contribution in [0.15, 0.2) is 12.3 Å². The lowest BCUT2D eigenvalue weighted by molar-refractivity contribution is -0.462. The van der Waals surface area contributed by atoms with Crippen molar-refractivity contribution in [3.8, 4) is 0 Å². The van der Waals surface area contributed by atoms with Crippen LogP contribution in [0, 0.1) is 0 Å². The predicted octanol–water partition coefficient (Wildman–Crippen LogP) is 1.85. The summed E-state index contributed by atoms with van der Waals surface area (Å²) >= 11 is 11.6. The SMILES string of the molecule is CCOC(=O)C(C(=O)c1cnc(Cl)cc1Cl)=[N+](C)C. The van der Waals surface area contributed by atoms with E-state index in [4.69, 9.17) is 27.9 Å². The summed E-state index contributed by atoms with van der Waals surface area (Å²) in [5.74, 6) is -1.26. The van der Waals surface area contributed by atoms with Crippen LogP contribution in [-0.2, 0) is 9.53 Å². The maximum atomic E-state index is 12.3. The molecule has 0 aromatic carbocycles. The van der Waals surface area contributed by atoms with Gasteiger partial charge in [-0.1, -0.05) is 23.2 Å². The quantitative estimate of drug-likeness (QED) is 0.213. The molecule has 5 nitrogen and oxygen atoms in total. The average molecular weight is 304 g/mol. The van der Waals surface area contributed by atoms with E-state index >= 15 is 0 Å². The Kier molecular flexibility index (Phi) is 5.44. The van der Waals surface area contributed by atoms with Crippen molar-refractivity contribution in [3.05, 3.63) is 28.0 Å². The van der Waals surface area contributed by atoms with Gasteiger partial charge in [-0.2, -0.15) is 0 Å². The number of carbonyl (C=O) groups is 2. The number of aromatic nitrogens is 1. The molecule has 0 aliphatic rings. The van der Waals surface area contributed by atoms with E-state index in [2.05, 4.69) is 4.98 Å². The molecular formula is C12H13Cl2N2O3+. The molecule has 102 valence electrons. The molecule has 1 aromatic rings. The van der Waals surface area contributed by atoms with Crippen LogP contribution < -0.4 is 0 Å². The first-order valence-corrected chi connectivity index (χ1v) is 6.21. The molecule has 0 saturated carbocycles. The van der Waals surface area contributed by atoms with Gasteiger partial charge >= 0.3 is 11.7 Å². The van der Waals surface area contributed by atoms with E-state index in [-0.39, 0.29) is 28.1 Å². The monoisotopic (exact) mass is 303 g/mol. The van der Waals surface area contributed by atoms with E-state index in [1.54, 1.807) is 21.0 Å². The summed E-state index contributed by atoms with van der Waals surface area (Å²) in [5.41, 5.74) is -0.0179. The average Bonchev–Trinajstić information content (AvgIpc) is 2.28. The number of hydrogen-bond donors (Lipinski definition) is 0. The maximum absolute atomic E-state index is 12.3. The first-order valence-electron chi connectivity index (χ1n) is 5.45. The van der Waals surface area contributed by atoms with Gasteiger partial charge in [0.05, 0.1) is 17.2 Å². The van der Waals surface area contributed by atoms with Gasteiger partial charge in [0, 0.05) is 6.20 Å². The molecule has 0 unspecified atom stereocenters. The second kappa shape index (κ2) is 6.63. The molecule has 0 spiro atoms. The molecule has 0 N–H and O–H groups in total. The van der Waals surface area contributed by atoms with Crippen LogP contribution in [0.4, 0.5) is 0 Å². The topological polar surface area (TPSA) is 59.3 Å². The first kappa shape index (κ1) is 15.6. The largest absolute Gasteiger partial charge is 0.458 e. The zero-order valence-electron chi connectivity index (χ0n) is 10.7. The van der Waals surface area contributed by atoms with Crippen LogP contribution in [0.3, 0.4) is 0 Å². The van der Waals surface area contributed by atoms with Gasteiger partial charge in [-0.05, 0) is 13.0 Å². The normalized spacial score (nSPS) is 9.95. The lowest BCUT2D eigenvalue weighted by Crippen LogP contribution is -2.33. The summed E-state index contributed by atoms with van der Waals surface area (Å²) in [5, 5.41) is 0.303. The number of Topliss-reactive ketones (excluding diaryl/α,β-unsaturated/α-hetero) is 1. The molecule has 0 fully saturated rings. The number of pyridine rings is 1. The summed E-state index contributed by atoms with van der Waals surface area (Å²) in [6.07, 6.45) is 1.23. The molecule has 7 heteroatoms. The predicted molar refractivity (Wildman–Crippen MR) is 72.3 cm³/mol. The van der Waals surface area contributed by atoms with Crippen LogP contribution in [0.2, 0.25) is 10.2 Å². The number of ether oxygens (including phenoxy) is 1. The Bertz CT molecular complexity index is 552. The number of ketones is 1. The van der Waals surface area contributed by atoms with E-state index < -0.39 is 11.8 Å². The zero-order chi connectivity index (χ0) is 14.6. The van der Waals surface area contributed by atoms with Gasteiger partial charge in [-0.3, -0.25) is 4.79 Å². The molecule has 0 atom stereocenters. The first-order chi connectivity index (χ1) is 8.88. The zero-order valence-corrected chi connectivity index (χ0v) is 12.2. The Morgan fingerprint density at radius 2 is 2.00 bits per heavy atom. The van der Waals surface area contributed by atoms with E-state index in [9.17, 15) is 9.59 Å². The van der Waals surface area contributed by atoms with Crippen molar-refractivity contribution in [1.82, 2.24) is 4.98 Å². The number of hydrogen-bond acceptors (Lipinski definition) is 4. The summed E-state index contributed by atoms with van der Waals surface area (Å²) in [6.45, 7) is 1.84. The minimum absolute atomic E-state index is 0.0998. The number of carbonyl (C=O) groups excluding carboxylic acids is 2. The maximum Gasteiger partial charge on any atom is 0.407 e. The van der Waals surface area contributed by atoms with Gasteiger partial charge in [-0.15, -0.1) is 0 Å². The van der Waals surface area contributed by atoms with Gasteiger partial charge in [0.1, 0.15) is 19.2 Å². The fourth-order valence-electron chi connectivity index (χ4n) is 1.38. The van der Waals surface area contributed by atoms with Crippen molar-refractivity contribution in [3.63, 3.8) is 0 Å². The van der Waals surface area contributed by atoms with Gasteiger partial charge in [0.2, 0.25) is 0 Å². The van der Waals surface area contributed by atoms with E-state index in [1.807, 2.05) is 0 Å². The highest BCUT2D eigenvalue weighted by molar-refractivity contribution is 6.66. The minimum Gasteiger partial charge on any atom is -0.458 e. The molecule has 0 bridgehead atoms. The minimum atomic E-state index is -0.705. The van der Waals surface area contributed by atoms with Crippen molar-refractivity contribution in [2.24, 2.45) is 0 Å². The Morgan fingerprint density at radius 1 is 1.37 bits per heavy atom. The van der Waals surface area contributed by atoms with Crippen LogP contribution in [0.5, 0.6) is 0 Å². The van der Waals surface area contributed by atoms with Gasteiger partial charge in [0.15, 0.2) is 0 Å².